The summed E-state index contributed by atoms with van der Waals surface area (Å²) in [6.45, 7) is 3.70. The number of carbonyl (C=O) groups is 1. The average Bonchev–Trinajstić information content (AvgIpc) is 2.64. The van der Waals surface area contributed by atoms with Gasteiger partial charge in [-0.05, 0) is 13.8 Å². The Morgan fingerprint density at radius 3 is 2.60 bits per heavy atom. The van der Waals surface area contributed by atoms with Crippen LogP contribution in [0.25, 0.3) is 0 Å². The summed E-state index contributed by atoms with van der Waals surface area (Å²) in [5.74, 6) is 0. The van der Waals surface area contributed by atoms with Gasteiger partial charge in [-0.2, -0.15) is 13.1 Å². The van der Waals surface area contributed by atoms with Crippen LogP contribution in [0.15, 0.2) is 6.33 Å². The molecule has 84 valence electrons. The molecule has 15 heavy (non-hydrogen) atoms. The van der Waals surface area contributed by atoms with E-state index in [4.69, 9.17) is 0 Å². The van der Waals surface area contributed by atoms with Gasteiger partial charge in [-0.3, -0.25) is 5.10 Å². The second-order valence-corrected chi connectivity index (χ2v) is 4.11. The largest absolute Gasteiger partial charge is 0.344 e. The predicted octanol–water partition coefficient (Wildman–Crippen LogP) is -0.0694. The number of carbonyl (C=O) groups excluding carboxylic acids is 1. The van der Waals surface area contributed by atoms with E-state index in [9.17, 15) is 13.2 Å². The van der Waals surface area contributed by atoms with Gasteiger partial charge < -0.3 is 4.90 Å². The van der Waals surface area contributed by atoms with Crippen molar-refractivity contribution in [3.63, 3.8) is 0 Å². The molecule has 0 fully saturated rings. The molecule has 0 unspecified atom stereocenters. The number of aromatic nitrogens is 3. The molecule has 1 N–H and O–H groups in total. The van der Waals surface area contributed by atoms with Gasteiger partial charge >= 0.3 is 6.03 Å². The lowest BCUT2D eigenvalue weighted by Gasteiger charge is -2.20. The molecular formula is C7H12N4O3S. The zero-order valence-electron chi connectivity index (χ0n) is 8.63. The van der Waals surface area contributed by atoms with E-state index in [0.29, 0.717) is 0 Å². The fraction of sp³-hybridized carbons (Fsp3) is 0.571. The topological polar surface area (TPSA) is 88.1 Å². The zero-order chi connectivity index (χ0) is 11.6. The summed E-state index contributed by atoms with van der Waals surface area (Å²) in [5.41, 5.74) is 0. The molecule has 1 rings (SSSR count). The first-order chi connectivity index (χ1) is 6.93. The van der Waals surface area contributed by atoms with Gasteiger partial charge in [0.2, 0.25) is 0 Å². The Morgan fingerprint density at radius 1 is 1.60 bits per heavy atom. The molecule has 0 aliphatic carbocycles. The van der Waals surface area contributed by atoms with Gasteiger partial charge in [0.15, 0.2) is 0 Å². The lowest BCUT2D eigenvalue weighted by Crippen LogP contribution is -2.36. The van der Waals surface area contributed by atoms with Crippen LogP contribution in [-0.2, 0) is 10.3 Å². The van der Waals surface area contributed by atoms with Crippen molar-refractivity contribution in [3.05, 3.63) is 11.1 Å². The maximum absolute atomic E-state index is 11.6. The number of hydrogen-bond donors (Lipinski definition) is 1. The van der Waals surface area contributed by atoms with Crippen molar-refractivity contribution in [1.82, 2.24) is 19.7 Å². The molecular weight excluding hydrogens is 220 g/mol. The summed E-state index contributed by atoms with van der Waals surface area (Å²) in [5, 5.41) is 2.35. The molecule has 0 atom stereocenters. The molecule has 0 bridgehead atoms. The molecule has 8 heteroatoms. The van der Waals surface area contributed by atoms with Gasteiger partial charge in [-0.15, -0.1) is 0 Å². The van der Waals surface area contributed by atoms with Crippen LogP contribution in [0.3, 0.4) is 0 Å². The maximum atomic E-state index is 11.6. The zero-order valence-corrected chi connectivity index (χ0v) is 9.45. The van der Waals surface area contributed by atoms with E-state index >= 15 is 0 Å². The van der Waals surface area contributed by atoms with E-state index in [1.54, 1.807) is 7.05 Å². The molecule has 0 aromatic carbocycles. The lowest BCUT2D eigenvalue weighted by molar-refractivity contribution is 0.196. The summed E-state index contributed by atoms with van der Waals surface area (Å²) in [4.78, 5) is 16.6. The van der Waals surface area contributed by atoms with Crippen molar-refractivity contribution in [2.24, 2.45) is 0 Å². The van der Waals surface area contributed by atoms with Crippen LogP contribution in [0.5, 0.6) is 0 Å². The van der Waals surface area contributed by atoms with Crippen molar-refractivity contribution in [3.8, 4) is 0 Å². The summed E-state index contributed by atoms with van der Waals surface area (Å²) in [6.07, 6.45) is 1.13. The van der Waals surface area contributed by atoms with Gasteiger partial charge in [0, 0.05) is 13.1 Å². The van der Waals surface area contributed by atoms with Gasteiger partial charge in [0.05, 0.1) is 0 Å². The van der Waals surface area contributed by atoms with Crippen LogP contribution >= 0.6 is 0 Å². The van der Waals surface area contributed by atoms with Crippen molar-refractivity contribution >= 4 is 16.3 Å². The van der Waals surface area contributed by atoms with Gasteiger partial charge in [-0.1, -0.05) is 0 Å². The van der Waals surface area contributed by atoms with E-state index < -0.39 is 10.3 Å². The van der Waals surface area contributed by atoms with E-state index in [1.807, 2.05) is 13.8 Å². The second-order valence-electron chi connectivity index (χ2n) is 3.25. The molecule has 1 aromatic heterocycles. The van der Waals surface area contributed by atoms with Gasteiger partial charge in [-0.25, -0.2) is 9.78 Å². The number of nitrogens with zero attached hydrogens (tertiary/aromatic N) is 3. The average molecular weight is 232 g/mol. The molecule has 0 spiro atoms. The van der Waals surface area contributed by atoms with Crippen LogP contribution in [0.2, 0.25) is 0 Å². The Hall–Kier alpha value is -1.57. The van der Waals surface area contributed by atoms with Crippen molar-refractivity contribution in [1.29, 1.82) is 0 Å². The van der Waals surface area contributed by atoms with E-state index in [-0.39, 0.29) is 16.8 Å². The van der Waals surface area contributed by atoms with Crippen LogP contribution in [0.1, 0.15) is 13.8 Å². The number of H-pyrrole nitrogens is 1. The highest BCUT2D eigenvalue weighted by Gasteiger charge is 2.13. The first-order valence-corrected chi connectivity index (χ1v) is 5.34. The van der Waals surface area contributed by atoms with Crippen LogP contribution in [0, 0.1) is 4.77 Å². The maximum Gasteiger partial charge on any atom is 0.344 e. The number of rotatable bonds is 1. The number of amides is 1. The Kier molecular flexibility index (Phi) is 3.30. The minimum absolute atomic E-state index is 0.0227. The Bertz CT molecular complexity index is 516. The van der Waals surface area contributed by atoms with Crippen molar-refractivity contribution in [2.75, 3.05) is 7.05 Å². The summed E-state index contributed by atoms with van der Waals surface area (Å²) in [6, 6.07) is -0.344. The SMILES string of the molecule is CC(C)N(C)C(=O)n1cnc(=S(=O)=O)[nH]1. The third-order valence-corrected chi connectivity index (χ3v) is 2.46. The first-order valence-electron chi connectivity index (χ1n) is 4.26. The molecule has 0 aliphatic rings. The van der Waals surface area contributed by atoms with E-state index in [2.05, 4.69) is 10.1 Å². The molecule has 0 aliphatic heterocycles. The fourth-order valence-corrected chi connectivity index (χ4v) is 1.15. The molecule has 1 heterocycles. The quantitative estimate of drug-likeness (QED) is 0.686. The van der Waals surface area contributed by atoms with Crippen LogP contribution in [0.4, 0.5) is 4.79 Å². The Labute approximate surface area is 87.9 Å². The summed E-state index contributed by atoms with van der Waals surface area (Å²) >= 11 is 0. The second kappa shape index (κ2) is 4.30. The summed E-state index contributed by atoms with van der Waals surface area (Å²) in [7, 11) is -0.837. The predicted molar refractivity (Wildman–Crippen MR) is 52.4 cm³/mol. The van der Waals surface area contributed by atoms with Crippen LogP contribution < -0.4 is 0 Å². The van der Waals surface area contributed by atoms with E-state index in [0.717, 1.165) is 11.0 Å². The Balaban J connectivity index is 3.09. The lowest BCUT2D eigenvalue weighted by atomic mass is 10.4. The minimum atomic E-state index is -2.46. The fourth-order valence-electron chi connectivity index (χ4n) is 0.839. The monoisotopic (exact) mass is 232 g/mol. The molecule has 0 saturated heterocycles. The third-order valence-electron chi connectivity index (χ3n) is 1.95. The standard InChI is InChI=1S/C7H12N4O3S/c1-5(2)10(3)7(12)11-4-8-6(9-11)15(13)14/h4-5,9H,1-3H3. The molecule has 1 aromatic rings. The smallest absolute Gasteiger partial charge is 0.324 e. The van der Waals surface area contributed by atoms with E-state index in [1.165, 1.54) is 4.90 Å². The number of hydrogen-bond acceptors (Lipinski definition) is 4. The van der Waals surface area contributed by atoms with Crippen molar-refractivity contribution < 1.29 is 13.2 Å². The van der Waals surface area contributed by atoms with Gasteiger partial charge in [0.25, 0.3) is 15.1 Å². The molecule has 7 nitrogen and oxygen atoms in total. The van der Waals surface area contributed by atoms with Crippen molar-refractivity contribution in [2.45, 2.75) is 19.9 Å². The Morgan fingerprint density at radius 2 is 2.20 bits per heavy atom. The van der Waals surface area contributed by atoms with Crippen LogP contribution in [-0.4, -0.2) is 47.2 Å². The number of nitrogens with one attached hydrogen (secondary N) is 1. The minimum Gasteiger partial charge on any atom is -0.324 e. The highest BCUT2D eigenvalue weighted by Crippen LogP contribution is 1.97. The molecule has 0 radical (unpaired) electrons. The third kappa shape index (κ3) is 2.46. The molecule has 0 saturated carbocycles. The highest BCUT2D eigenvalue weighted by atomic mass is 32.2. The molecule has 1 amide bonds. The highest BCUT2D eigenvalue weighted by molar-refractivity contribution is 7.63. The number of aromatic amines is 1. The van der Waals surface area contributed by atoms with Gasteiger partial charge in [0.1, 0.15) is 6.33 Å². The first kappa shape index (κ1) is 11.5. The summed E-state index contributed by atoms with van der Waals surface area (Å²) < 4.78 is 21.8. The normalized spacial score (nSPS) is 10.4.